The Balaban J connectivity index is 2.72. The summed E-state index contributed by atoms with van der Waals surface area (Å²) in [6.07, 6.45) is 1.57. The summed E-state index contributed by atoms with van der Waals surface area (Å²) in [5.41, 5.74) is 6.97. The summed E-state index contributed by atoms with van der Waals surface area (Å²) in [6, 6.07) is 0. The van der Waals surface area contributed by atoms with Crippen LogP contribution in [0.4, 0.5) is 0 Å². The number of hydrogen-bond donors (Lipinski definition) is 2. The van der Waals surface area contributed by atoms with Crippen LogP contribution in [0.25, 0.3) is 0 Å². The molecule has 15 heavy (non-hydrogen) atoms. The molecule has 0 radical (unpaired) electrons. The van der Waals surface area contributed by atoms with E-state index in [2.05, 4.69) is 10.3 Å². The second-order valence-electron chi connectivity index (χ2n) is 4.10. The van der Waals surface area contributed by atoms with Crippen LogP contribution in [0.15, 0.2) is 11.7 Å². The van der Waals surface area contributed by atoms with Crippen molar-refractivity contribution in [1.82, 2.24) is 10.3 Å². The lowest BCUT2D eigenvalue weighted by atomic mass is 9.88. The molecule has 1 rings (SSSR count). The summed E-state index contributed by atoms with van der Waals surface area (Å²) in [4.78, 5) is 16.3. The first-order chi connectivity index (χ1) is 6.99. The molecule has 5 heteroatoms. The molecule has 84 valence electrons. The van der Waals surface area contributed by atoms with E-state index in [1.165, 1.54) is 11.3 Å². The Hall–Kier alpha value is -0.940. The van der Waals surface area contributed by atoms with Gasteiger partial charge in [-0.2, -0.15) is 0 Å². The average Bonchev–Trinajstić information content (AvgIpc) is 2.70. The Kier molecular flexibility index (Phi) is 3.82. The van der Waals surface area contributed by atoms with Gasteiger partial charge in [0.2, 0.25) is 0 Å². The first-order valence-electron chi connectivity index (χ1n) is 4.90. The fourth-order valence-electron chi connectivity index (χ4n) is 1.08. The number of carbonyl (C=O) groups excluding carboxylic acids is 1. The molecule has 0 aromatic carbocycles. The minimum absolute atomic E-state index is 0.0980. The molecular weight excluding hydrogens is 210 g/mol. The van der Waals surface area contributed by atoms with E-state index >= 15 is 0 Å². The van der Waals surface area contributed by atoms with Crippen molar-refractivity contribution in [2.24, 2.45) is 11.7 Å². The lowest BCUT2D eigenvalue weighted by Crippen LogP contribution is -2.54. The van der Waals surface area contributed by atoms with Gasteiger partial charge in [0.15, 0.2) is 0 Å². The normalized spacial score (nSPS) is 15.0. The standard InChI is InChI=1S/C10H17N3OS/c1-7(2)10(3,5-11)13-9(14)8-4-12-6-15-8/h4,6-7H,5,11H2,1-3H3,(H,13,14). The molecule has 1 aromatic heterocycles. The smallest absolute Gasteiger partial charge is 0.263 e. The Morgan fingerprint density at radius 3 is 2.80 bits per heavy atom. The van der Waals surface area contributed by atoms with Crippen molar-refractivity contribution in [3.05, 3.63) is 16.6 Å². The Morgan fingerprint density at radius 1 is 1.73 bits per heavy atom. The van der Waals surface area contributed by atoms with Gasteiger partial charge >= 0.3 is 0 Å². The SMILES string of the molecule is CC(C)C(C)(CN)NC(=O)c1cncs1. The summed E-state index contributed by atoms with van der Waals surface area (Å²) in [5.74, 6) is 0.193. The van der Waals surface area contributed by atoms with Crippen LogP contribution < -0.4 is 11.1 Å². The number of nitrogens with zero attached hydrogens (tertiary/aromatic N) is 1. The summed E-state index contributed by atoms with van der Waals surface area (Å²) in [7, 11) is 0. The third-order valence-corrected chi connectivity index (χ3v) is 3.53. The molecule has 0 fully saturated rings. The molecule has 0 aliphatic carbocycles. The van der Waals surface area contributed by atoms with E-state index < -0.39 is 0 Å². The van der Waals surface area contributed by atoms with Crippen molar-refractivity contribution in [1.29, 1.82) is 0 Å². The van der Waals surface area contributed by atoms with Gasteiger partial charge in [-0.05, 0) is 12.8 Å². The number of thiazole rings is 1. The molecule has 1 amide bonds. The number of amides is 1. The zero-order valence-corrected chi connectivity index (χ0v) is 10.1. The largest absolute Gasteiger partial charge is 0.345 e. The first-order valence-corrected chi connectivity index (χ1v) is 5.78. The molecule has 1 heterocycles. The lowest BCUT2D eigenvalue weighted by Gasteiger charge is -2.33. The highest BCUT2D eigenvalue weighted by Crippen LogP contribution is 2.16. The molecule has 0 saturated carbocycles. The van der Waals surface area contributed by atoms with Crippen LogP contribution in [-0.2, 0) is 0 Å². The molecule has 0 bridgehead atoms. The van der Waals surface area contributed by atoms with Crippen molar-refractivity contribution in [3.63, 3.8) is 0 Å². The molecule has 3 N–H and O–H groups in total. The number of hydrogen-bond acceptors (Lipinski definition) is 4. The predicted octanol–water partition coefficient (Wildman–Crippen LogP) is 1.25. The maximum Gasteiger partial charge on any atom is 0.263 e. The van der Waals surface area contributed by atoms with Gasteiger partial charge in [0.25, 0.3) is 5.91 Å². The fraction of sp³-hybridized carbons (Fsp3) is 0.600. The second-order valence-corrected chi connectivity index (χ2v) is 4.98. The maximum absolute atomic E-state index is 11.8. The van der Waals surface area contributed by atoms with Gasteiger partial charge < -0.3 is 11.1 Å². The van der Waals surface area contributed by atoms with Crippen molar-refractivity contribution in [2.45, 2.75) is 26.3 Å². The molecule has 0 aliphatic heterocycles. The average molecular weight is 227 g/mol. The highest BCUT2D eigenvalue weighted by Gasteiger charge is 2.29. The van der Waals surface area contributed by atoms with Crippen molar-refractivity contribution in [3.8, 4) is 0 Å². The third kappa shape index (κ3) is 2.76. The van der Waals surface area contributed by atoms with E-state index in [-0.39, 0.29) is 11.4 Å². The molecule has 0 spiro atoms. The summed E-state index contributed by atoms with van der Waals surface area (Å²) < 4.78 is 0. The number of nitrogens with two attached hydrogens (primary N) is 1. The monoisotopic (exact) mass is 227 g/mol. The van der Waals surface area contributed by atoms with Gasteiger partial charge in [-0.3, -0.25) is 9.78 Å². The van der Waals surface area contributed by atoms with E-state index in [0.29, 0.717) is 17.3 Å². The number of carbonyl (C=O) groups is 1. The lowest BCUT2D eigenvalue weighted by molar-refractivity contribution is 0.0887. The first kappa shape index (κ1) is 12.1. The van der Waals surface area contributed by atoms with Gasteiger partial charge in [0.1, 0.15) is 4.88 Å². The Bertz CT molecular complexity index is 323. The van der Waals surface area contributed by atoms with E-state index in [9.17, 15) is 4.79 Å². The molecule has 1 unspecified atom stereocenters. The van der Waals surface area contributed by atoms with Crippen molar-refractivity contribution >= 4 is 17.2 Å². The van der Waals surface area contributed by atoms with Gasteiger partial charge in [0.05, 0.1) is 17.2 Å². The molecule has 0 saturated heterocycles. The Morgan fingerprint density at radius 2 is 2.40 bits per heavy atom. The predicted molar refractivity (Wildman–Crippen MR) is 61.9 cm³/mol. The molecule has 4 nitrogen and oxygen atoms in total. The van der Waals surface area contributed by atoms with Crippen molar-refractivity contribution < 1.29 is 4.79 Å². The topological polar surface area (TPSA) is 68.0 Å². The van der Waals surface area contributed by atoms with Crippen LogP contribution in [0.3, 0.4) is 0 Å². The summed E-state index contributed by atoms with van der Waals surface area (Å²) in [6.45, 7) is 6.46. The van der Waals surface area contributed by atoms with Gasteiger partial charge in [-0.1, -0.05) is 13.8 Å². The van der Waals surface area contributed by atoms with Crippen LogP contribution in [0.5, 0.6) is 0 Å². The zero-order chi connectivity index (χ0) is 11.5. The van der Waals surface area contributed by atoms with E-state index in [1.807, 2.05) is 20.8 Å². The molecular formula is C10H17N3OS. The van der Waals surface area contributed by atoms with Gasteiger partial charge in [0, 0.05) is 6.54 Å². The molecule has 1 atom stereocenters. The Labute approximate surface area is 93.9 Å². The number of aromatic nitrogens is 1. The van der Waals surface area contributed by atoms with E-state index in [1.54, 1.807) is 11.7 Å². The summed E-state index contributed by atoms with van der Waals surface area (Å²) in [5, 5.41) is 2.95. The van der Waals surface area contributed by atoms with Crippen LogP contribution in [0.2, 0.25) is 0 Å². The highest BCUT2D eigenvalue weighted by atomic mass is 32.1. The second kappa shape index (κ2) is 4.72. The van der Waals surface area contributed by atoms with E-state index in [4.69, 9.17) is 5.73 Å². The van der Waals surface area contributed by atoms with Crippen LogP contribution >= 0.6 is 11.3 Å². The molecule has 0 aliphatic rings. The maximum atomic E-state index is 11.8. The van der Waals surface area contributed by atoms with Crippen molar-refractivity contribution in [2.75, 3.05) is 6.54 Å². The minimum atomic E-state index is -0.360. The highest BCUT2D eigenvalue weighted by molar-refractivity contribution is 7.11. The summed E-state index contributed by atoms with van der Waals surface area (Å²) >= 11 is 1.33. The van der Waals surface area contributed by atoms with Crippen LogP contribution in [0.1, 0.15) is 30.4 Å². The van der Waals surface area contributed by atoms with E-state index in [0.717, 1.165) is 0 Å². The van der Waals surface area contributed by atoms with Gasteiger partial charge in [-0.25, -0.2) is 0 Å². The number of rotatable bonds is 4. The quantitative estimate of drug-likeness (QED) is 0.813. The number of nitrogens with one attached hydrogen (secondary N) is 1. The third-order valence-electron chi connectivity index (χ3n) is 2.75. The van der Waals surface area contributed by atoms with Gasteiger partial charge in [-0.15, -0.1) is 11.3 Å². The minimum Gasteiger partial charge on any atom is -0.345 e. The molecule has 1 aromatic rings. The zero-order valence-electron chi connectivity index (χ0n) is 9.28. The van der Waals surface area contributed by atoms with Crippen LogP contribution in [0, 0.1) is 5.92 Å². The fourth-order valence-corrected chi connectivity index (χ4v) is 1.60. The van der Waals surface area contributed by atoms with Crippen LogP contribution in [-0.4, -0.2) is 23.0 Å².